The lowest BCUT2D eigenvalue weighted by Gasteiger charge is -2.03. The van der Waals surface area contributed by atoms with Gasteiger partial charge >= 0.3 is 0 Å². The average molecular weight is 345 g/mol. The van der Waals surface area contributed by atoms with Crippen LogP contribution in [0.1, 0.15) is 15.9 Å². The molecule has 7 nitrogen and oxygen atoms in total. The Kier molecular flexibility index (Phi) is 5.43. The van der Waals surface area contributed by atoms with E-state index >= 15 is 0 Å². The Morgan fingerprint density at radius 2 is 1.83 bits per heavy atom. The number of hydrogen-bond acceptors (Lipinski definition) is 5. The van der Waals surface area contributed by atoms with Gasteiger partial charge in [0, 0.05) is 31.1 Å². The van der Waals surface area contributed by atoms with Gasteiger partial charge in [0.2, 0.25) is 0 Å². The lowest BCUT2D eigenvalue weighted by atomic mass is 10.1. The molecule has 1 aromatic carbocycles. The summed E-state index contributed by atoms with van der Waals surface area (Å²) in [5, 5.41) is 2.50. The van der Waals surface area contributed by atoms with E-state index in [0.717, 1.165) is 12.3 Å². The third kappa shape index (κ3) is 4.50. The van der Waals surface area contributed by atoms with Gasteiger partial charge in [-0.25, -0.2) is 13.1 Å². The van der Waals surface area contributed by atoms with E-state index < -0.39 is 15.9 Å². The molecule has 0 saturated carbocycles. The second kappa shape index (κ2) is 7.51. The molecular weight excluding hydrogens is 330 g/mol. The molecule has 0 atom stereocenters. The maximum absolute atomic E-state index is 12.0. The Balaban J connectivity index is 2.04. The van der Waals surface area contributed by atoms with Gasteiger partial charge in [0.25, 0.3) is 21.8 Å². The molecule has 0 aliphatic rings. The number of sulfonamides is 1. The number of nitrogens with one attached hydrogen (secondary N) is 2. The van der Waals surface area contributed by atoms with Crippen LogP contribution in [0, 0.1) is 0 Å². The summed E-state index contributed by atoms with van der Waals surface area (Å²) in [4.78, 5) is 26.8. The van der Waals surface area contributed by atoms with E-state index in [4.69, 9.17) is 0 Å². The molecule has 0 aliphatic carbocycles. The fraction of sp³-hybridized carbons (Fsp3) is 0.0625. The highest BCUT2D eigenvalue weighted by molar-refractivity contribution is 7.90. The third-order valence-corrected chi connectivity index (χ3v) is 4.34. The molecule has 0 fully saturated rings. The largest absolute Gasteiger partial charge is 0.355 e. The number of nitrogens with zero attached hydrogens (tertiary/aromatic N) is 1. The number of carbonyl (C=O) groups excluding carboxylic acids is 2. The summed E-state index contributed by atoms with van der Waals surface area (Å²) >= 11 is 0. The van der Waals surface area contributed by atoms with E-state index in [0.29, 0.717) is 11.1 Å². The summed E-state index contributed by atoms with van der Waals surface area (Å²) in [5.74, 6) is -1.000. The van der Waals surface area contributed by atoms with Gasteiger partial charge in [-0.2, -0.15) is 0 Å². The smallest absolute Gasteiger partial charge is 0.265 e. The van der Waals surface area contributed by atoms with Crippen LogP contribution in [0.4, 0.5) is 0 Å². The number of rotatable bonds is 5. The van der Waals surface area contributed by atoms with Crippen LogP contribution < -0.4 is 10.0 Å². The van der Waals surface area contributed by atoms with E-state index in [2.05, 4.69) is 10.3 Å². The van der Waals surface area contributed by atoms with E-state index in [1.807, 2.05) is 4.72 Å². The van der Waals surface area contributed by atoms with Crippen LogP contribution in [0.25, 0.3) is 6.08 Å². The fourth-order valence-electron chi connectivity index (χ4n) is 1.79. The SMILES string of the molecule is CNC(=O)c1ccc(/C=C/C(=O)NS(=O)(=O)c2cccnc2)cc1. The first-order valence-electron chi connectivity index (χ1n) is 6.89. The molecule has 0 aliphatic heterocycles. The fourth-order valence-corrected chi connectivity index (χ4v) is 2.70. The highest BCUT2D eigenvalue weighted by Crippen LogP contribution is 2.07. The molecule has 2 amide bonds. The maximum Gasteiger partial charge on any atom is 0.265 e. The summed E-state index contributed by atoms with van der Waals surface area (Å²) in [7, 11) is -2.42. The lowest BCUT2D eigenvalue weighted by molar-refractivity contribution is -0.114. The Bertz CT molecular complexity index is 860. The van der Waals surface area contributed by atoms with Crippen molar-refractivity contribution in [3.8, 4) is 0 Å². The predicted molar refractivity (Wildman–Crippen MR) is 88.4 cm³/mol. The molecule has 0 bridgehead atoms. The first kappa shape index (κ1) is 17.4. The van der Waals surface area contributed by atoms with Gasteiger partial charge in [-0.3, -0.25) is 14.6 Å². The monoisotopic (exact) mass is 345 g/mol. The molecule has 2 aromatic rings. The average Bonchev–Trinajstić information content (AvgIpc) is 2.60. The molecule has 0 spiro atoms. The van der Waals surface area contributed by atoms with Gasteiger partial charge < -0.3 is 5.32 Å². The van der Waals surface area contributed by atoms with Crippen LogP contribution in [-0.2, 0) is 14.8 Å². The maximum atomic E-state index is 12.0. The van der Waals surface area contributed by atoms with Gasteiger partial charge in [0.1, 0.15) is 4.90 Å². The predicted octanol–water partition coefficient (Wildman–Crippen LogP) is 0.959. The normalized spacial score (nSPS) is 11.2. The minimum atomic E-state index is -3.95. The number of aromatic nitrogens is 1. The van der Waals surface area contributed by atoms with E-state index in [-0.39, 0.29) is 10.8 Å². The van der Waals surface area contributed by atoms with Crippen molar-refractivity contribution in [2.75, 3.05) is 7.05 Å². The van der Waals surface area contributed by atoms with Gasteiger partial charge in [-0.05, 0) is 35.9 Å². The quantitative estimate of drug-likeness (QED) is 0.785. The number of carbonyl (C=O) groups is 2. The van der Waals surface area contributed by atoms with Crippen molar-refractivity contribution in [2.45, 2.75) is 4.90 Å². The molecule has 1 heterocycles. The Hall–Kier alpha value is -3.00. The zero-order valence-corrected chi connectivity index (χ0v) is 13.6. The summed E-state index contributed by atoms with van der Waals surface area (Å²) < 4.78 is 25.8. The first-order valence-corrected chi connectivity index (χ1v) is 8.38. The number of amides is 2. The minimum Gasteiger partial charge on any atom is -0.355 e. The van der Waals surface area contributed by atoms with Gasteiger partial charge in [0.05, 0.1) is 0 Å². The van der Waals surface area contributed by atoms with Crippen molar-refractivity contribution in [1.29, 1.82) is 0 Å². The number of pyridine rings is 1. The molecule has 0 unspecified atom stereocenters. The van der Waals surface area contributed by atoms with Crippen molar-refractivity contribution in [2.24, 2.45) is 0 Å². The Morgan fingerprint density at radius 3 is 2.42 bits per heavy atom. The molecule has 24 heavy (non-hydrogen) atoms. The molecule has 8 heteroatoms. The van der Waals surface area contributed by atoms with Crippen LogP contribution in [0.5, 0.6) is 0 Å². The standard InChI is InChI=1S/C16H15N3O4S/c1-17-16(21)13-7-4-12(5-8-13)6-9-15(20)19-24(22,23)14-3-2-10-18-11-14/h2-11H,1H3,(H,17,21)(H,19,20)/b9-6+. The molecule has 124 valence electrons. The van der Waals surface area contributed by atoms with Crippen molar-refractivity contribution in [3.05, 3.63) is 66.0 Å². The first-order chi connectivity index (χ1) is 11.4. The van der Waals surface area contributed by atoms with E-state index in [9.17, 15) is 18.0 Å². The lowest BCUT2D eigenvalue weighted by Crippen LogP contribution is -2.29. The second-order valence-electron chi connectivity index (χ2n) is 4.69. The van der Waals surface area contributed by atoms with E-state index in [1.54, 1.807) is 24.3 Å². The van der Waals surface area contributed by atoms with Crippen molar-refractivity contribution in [3.63, 3.8) is 0 Å². The minimum absolute atomic E-state index is 0.0957. The highest BCUT2D eigenvalue weighted by Gasteiger charge is 2.15. The van der Waals surface area contributed by atoms with Gasteiger partial charge in [0.15, 0.2) is 0 Å². The van der Waals surface area contributed by atoms with Crippen molar-refractivity contribution in [1.82, 2.24) is 15.0 Å². The second-order valence-corrected chi connectivity index (χ2v) is 6.38. The topological polar surface area (TPSA) is 105 Å². The molecular formula is C16H15N3O4S. The zero-order chi connectivity index (χ0) is 17.6. The summed E-state index contributed by atoms with van der Waals surface area (Å²) in [6.07, 6.45) is 5.13. The molecule has 0 radical (unpaired) electrons. The summed E-state index contributed by atoms with van der Waals surface area (Å²) in [6.45, 7) is 0. The molecule has 2 N–H and O–H groups in total. The third-order valence-electron chi connectivity index (χ3n) is 3.01. The molecule has 0 saturated heterocycles. The highest BCUT2D eigenvalue weighted by atomic mass is 32.2. The Labute approximate surface area is 139 Å². The van der Waals surface area contributed by atoms with Crippen LogP contribution in [0.15, 0.2) is 59.8 Å². The van der Waals surface area contributed by atoms with Gasteiger partial charge in [-0.1, -0.05) is 12.1 Å². The van der Waals surface area contributed by atoms with Gasteiger partial charge in [-0.15, -0.1) is 0 Å². The molecule has 1 aromatic heterocycles. The summed E-state index contributed by atoms with van der Waals surface area (Å²) in [5.41, 5.74) is 1.13. The van der Waals surface area contributed by atoms with Crippen LogP contribution in [-0.4, -0.2) is 32.3 Å². The van der Waals surface area contributed by atoms with Crippen LogP contribution in [0.2, 0.25) is 0 Å². The number of benzene rings is 1. The van der Waals surface area contributed by atoms with Crippen LogP contribution >= 0.6 is 0 Å². The van der Waals surface area contributed by atoms with Crippen LogP contribution in [0.3, 0.4) is 0 Å². The number of hydrogen-bond donors (Lipinski definition) is 2. The Morgan fingerprint density at radius 1 is 1.12 bits per heavy atom. The summed E-state index contributed by atoms with van der Waals surface area (Å²) in [6, 6.07) is 9.28. The molecule has 2 rings (SSSR count). The van der Waals surface area contributed by atoms with Crippen molar-refractivity contribution < 1.29 is 18.0 Å². The van der Waals surface area contributed by atoms with E-state index in [1.165, 1.54) is 31.5 Å². The van der Waals surface area contributed by atoms with Crippen molar-refractivity contribution >= 4 is 27.9 Å². The zero-order valence-electron chi connectivity index (χ0n) is 12.8.